The summed E-state index contributed by atoms with van der Waals surface area (Å²) < 4.78 is 5.30. The smallest absolute Gasteiger partial charge is 0.328 e. The van der Waals surface area contributed by atoms with Crippen LogP contribution in [0.3, 0.4) is 0 Å². The summed E-state index contributed by atoms with van der Waals surface area (Å²) in [6.07, 6.45) is 3.44. The van der Waals surface area contributed by atoms with Crippen LogP contribution in [0.1, 0.15) is 46.5 Å². The van der Waals surface area contributed by atoms with Crippen LogP contribution in [0.2, 0.25) is 0 Å². The Bertz CT molecular complexity index is 559. The molecule has 5 nitrogen and oxygen atoms in total. The van der Waals surface area contributed by atoms with E-state index >= 15 is 0 Å². The third-order valence-corrected chi connectivity index (χ3v) is 4.08. The van der Waals surface area contributed by atoms with Gasteiger partial charge in [0.15, 0.2) is 0 Å². The Labute approximate surface area is 138 Å². The van der Waals surface area contributed by atoms with Crippen molar-refractivity contribution < 1.29 is 14.3 Å². The number of hydrogen-bond donors (Lipinski definition) is 1. The van der Waals surface area contributed by atoms with E-state index < -0.39 is 6.04 Å². The number of rotatable bonds is 7. The molecule has 0 spiro atoms. The number of anilines is 2. The molecule has 2 rings (SSSR count). The normalized spacial score (nSPS) is 18.1. The van der Waals surface area contributed by atoms with E-state index in [9.17, 15) is 9.59 Å². The summed E-state index contributed by atoms with van der Waals surface area (Å²) in [4.78, 5) is 26.7. The molecule has 1 aromatic rings. The average molecular weight is 318 g/mol. The van der Waals surface area contributed by atoms with E-state index in [1.165, 1.54) is 0 Å². The Morgan fingerprint density at radius 3 is 2.74 bits per heavy atom. The van der Waals surface area contributed by atoms with Gasteiger partial charge in [-0.15, -0.1) is 0 Å². The molecule has 1 aliphatic heterocycles. The van der Waals surface area contributed by atoms with Crippen LogP contribution in [-0.4, -0.2) is 30.6 Å². The first-order valence-electron chi connectivity index (χ1n) is 8.45. The lowest BCUT2D eigenvalue weighted by Crippen LogP contribution is -2.53. The summed E-state index contributed by atoms with van der Waals surface area (Å²) in [5.41, 5.74) is 1.63. The molecule has 0 saturated heterocycles. The summed E-state index contributed by atoms with van der Waals surface area (Å²) in [6, 6.07) is 6.68. The molecule has 0 saturated carbocycles. The minimum absolute atomic E-state index is 0.0644. The number of nitrogens with zero attached hydrogens (tertiary/aromatic N) is 1. The number of fused-ring (bicyclic) bond motifs is 1. The summed E-state index contributed by atoms with van der Waals surface area (Å²) in [5, 5.41) is 3.28. The summed E-state index contributed by atoms with van der Waals surface area (Å²) in [6.45, 7) is 6.22. The lowest BCUT2D eigenvalue weighted by atomic mass is 10.0. The molecule has 2 atom stereocenters. The van der Waals surface area contributed by atoms with E-state index in [0.29, 0.717) is 6.61 Å². The number of esters is 1. The summed E-state index contributed by atoms with van der Waals surface area (Å²) in [7, 11) is 0. The first-order chi connectivity index (χ1) is 11.1. The second kappa shape index (κ2) is 7.99. The quantitative estimate of drug-likeness (QED) is 0.619. The van der Waals surface area contributed by atoms with Gasteiger partial charge in [0.2, 0.25) is 5.91 Å². The van der Waals surface area contributed by atoms with Crippen LogP contribution < -0.4 is 10.2 Å². The predicted octanol–water partition coefficient (Wildman–Crippen LogP) is 3.35. The molecule has 1 amide bonds. The third kappa shape index (κ3) is 3.84. The fraction of sp³-hybridized carbons (Fsp3) is 0.556. The number of unbranched alkanes of at least 4 members (excludes halogenated alkanes) is 1. The van der Waals surface area contributed by atoms with Crippen LogP contribution in [0, 0.1) is 0 Å². The van der Waals surface area contributed by atoms with E-state index in [1.54, 1.807) is 11.8 Å². The van der Waals surface area contributed by atoms with E-state index in [1.807, 2.05) is 38.1 Å². The van der Waals surface area contributed by atoms with Gasteiger partial charge >= 0.3 is 5.97 Å². The van der Waals surface area contributed by atoms with Crippen LogP contribution in [0.15, 0.2) is 24.3 Å². The van der Waals surface area contributed by atoms with Gasteiger partial charge < -0.3 is 10.1 Å². The van der Waals surface area contributed by atoms with Crippen molar-refractivity contribution in [3.63, 3.8) is 0 Å². The fourth-order valence-electron chi connectivity index (χ4n) is 2.77. The topological polar surface area (TPSA) is 58.6 Å². The zero-order valence-corrected chi connectivity index (χ0v) is 14.2. The van der Waals surface area contributed by atoms with E-state index in [2.05, 4.69) is 5.32 Å². The minimum Gasteiger partial charge on any atom is -0.464 e. The highest BCUT2D eigenvalue weighted by molar-refractivity contribution is 6.08. The molecule has 0 aromatic heterocycles. The van der Waals surface area contributed by atoms with Crippen molar-refractivity contribution in [1.82, 2.24) is 0 Å². The average Bonchev–Trinajstić information content (AvgIpc) is 2.55. The Morgan fingerprint density at radius 2 is 2.04 bits per heavy atom. The molecule has 126 valence electrons. The number of carbonyl (C=O) groups is 2. The fourth-order valence-corrected chi connectivity index (χ4v) is 2.77. The first kappa shape index (κ1) is 17.3. The monoisotopic (exact) mass is 318 g/mol. The van der Waals surface area contributed by atoms with E-state index in [4.69, 9.17) is 4.74 Å². The molecule has 0 bridgehead atoms. The third-order valence-electron chi connectivity index (χ3n) is 4.08. The van der Waals surface area contributed by atoms with Crippen molar-refractivity contribution in [3.8, 4) is 0 Å². The molecule has 2 unspecified atom stereocenters. The highest BCUT2D eigenvalue weighted by atomic mass is 16.5. The Morgan fingerprint density at radius 1 is 1.30 bits per heavy atom. The zero-order valence-electron chi connectivity index (χ0n) is 14.2. The van der Waals surface area contributed by atoms with Crippen LogP contribution in [-0.2, 0) is 14.3 Å². The van der Waals surface area contributed by atoms with Gasteiger partial charge in [-0.2, -0.15) is 0 Å². The minimum atomic E-state index is -0.623. The van der Waals surface area contributed by atoms with Crippen molar-refractivity contribution in [2.24, 2.45) is 0 Å². The highest BCUT2D eigenvalue weighted by Crippen LogP contribution is 2.33. The molecule has 1 aliphatic rings. The number of hydrogen-bond acceptors (Lipinski definition) is 4. The number of amides is 1. The van der Waals surface area contributed by atoms with Gasteiger partial charge in [0.1, 0.15) is 12.1 Å². The summed E-state index contributed by atoms with van der Waals surface area (Å²) in [5.74, 6) is -0.413. The van der Waals surface area contributed by atoms with Crippen LogP contribution >= 0.6 is 0 Å². The maximum atomic E-state index is 12.8. The molecule has 0 fully saturated rings. The zero-order chi connectivity index (χ0) is 16.8. The van der Waals surface area contributed by atoms with Crippen molar-refractivity contribution in [2.45, 2.75) is 58.5 Å². The molecular weight excluding hydrogens is 292 g/mol. The van der Waals surface area contributed by atoms with E-state index in [0.717, 1.165) is 37.1 Å². The summed E-state index contributed by atoms with van der Waals surface area (Å²) >= 11 is 0. The predicted molar refractivity (Wildman–Crippen MR) is 91.6 cm³/mol. The molecular formula is C18H26N2O3. The Kier molecular flexibility index (Phi) is 6.02. The number of carbonyl (C=O) groups excluding carboxylic acids is 2. The van der Waals surface area contributed by atoms with Gasteiger partial charge in [0, 0.05) is 0 Å². The molecule has 1 aromatic carbocycles. The van der Waals surface area contributed by atoms with Crippen LogP contribution in [0.5, 0.6) is 0 Å². The number of ether oxygens (including phenoxy) is 1. The van der Waals surface area contributed by atoms with Crippen molar-refractivity contribution in [2.75, 3.05) is 16.8 Å². The number of para-hydroxylation sites is 2. The maximum Gasteiger partial charge on any atom is 0.328 e. The van der Waals surface area contributed by atoms with Crippen molar-refractivity contribution >= 4 is 23.3 Å². The van der Waals surface area contributed by atoms with Crippen molar-refractivity contribution in [1.29, 1.82) is 0 Å². The van der Waals surface area contributed by atoms with Crippen LogP contribution in [0.25, 0.3) is 0 Å². The number of nitrogens with one attached hydrogen (secondary N) is 1. The molecule has 1 N–H and O–H groups in total. The Balaban J connectivity index is 2.23. The molecule has 0 radical (unpaired) electrons. The highest BCUT2D eigenvalue weighted by Gasteiger charge is 2.37. The second-order valence-electron chi connectivity index (χ2n) is 5.91. The molecule has 0 aliphatic carbocycles. The SMILES string of the molecule is CCCCOC(=O)C(C)N1C(=O)C(CCC)Nc2ccccc21. The molecule has 23 heavy (non-hydrogen) atoms. The van der Waals surface area contributed by atoms with Crippen molar-refractivity contribution in [3.05, 3.63) is 24.3 Å². The molecule has 1 heterocycles. The maximum absolute atomic E-state index is 12.8. The van der Waals surface area contributed by atoms with Gasteiger partial charge in [-0.25, -0.2) is 4.79 Å². The number of benzene rings is 1. The van der Waals surface area contributed by atoms with Gasteiger partial charge in [-0.1, -0.05) is 38.8 Å². The Hall–Kier alpha value is -2.04. The van der Waals surface area contributed by atoms with Gasteiger partial charge in [-0.05, 0) is 31.9 Å². The first-order valence-corrected chi connectivity index (χ1v) is 8.45. The lowest BCUT2D eigenvalue weighted by molar-refractivity contribution is -0.146. The van der Waals surface area contributed by atoms with Gasteiger partial charge in [-0.3, -0.25) is 9.69 Å². The van der Waals surface area contributed by atoms with Gasteiger partial charge in [0.05, 0.1) is 18.0 Å². The second-order valence-corrected chi connectivity index (χ2v) is 5.91. The standard InChI is InChI=1S/C18H26N2O3/c1-4-6-12-23-18(22)13(3)20-16-11-8-7-10-14(16)19-15(9-5-2)17(20)21/h7-8,10-11,13,15,19H,4-6,9,12H2,1-3H3. The van der Waals surface area contributed by atoms with E-state index in [-0.39, 0.29) is 17.9 Å². The molecule has 5 heteroatoms. The van der Waals surface area contributed by atoms with Crippen LogP contribution in [0.4, 0.5) is 11.4 Å². The largest absolute Gasteiger partial charge is 0.464 e. The van der Waals surface area contributed by atoms with Gasteiger partial charge in [0.25, 0.3) is 0 Å². The lowest BCUT2D eigenvalue weighted by Gasteiger charge is -2.37.